The molecule has 1 spiro atoms. The van der Waals surface area contributed by atoms with Crippen LogP contribution in [0.15, 0.2) is 0 Å². The van der Waals surface area contributed by atoms with Crippen LogP contribution >= 0.6 is 0 Å². The van der Waals surface area contributed by atoms with Crippen LogP contribution < -0.4 is 5.32 Å². The maximum absolute atomic E-state index is 12.7. The van der Waals surface area contributed by atoms with Crippen molar-refractivity contribution in [3.63, 3.8) is 0 Å². The number of carbonyl (C=O) groups is 2. The molecule has 0 bridgehead atoms. The Balaban J connectivity index is 1.54. The van der Waals surface area contributed by atoms with Crippen LogP contribution in [0.3, 0.4) is 0 Å². The first-order chi connectivity index (χ1) is 10.9. The third-order valence-corrected chi connectivity index (χ3v) is 6.34. The van der Waals surface area contributed by atoms with E-state index in [1.165, 1.54) is 25.7 Å². The van der Waals surface area contributed by atoms with Gasteiger partial charge in [-0.3, -0.25) is 4.79 Å². The van der Waals surface area contributed by atoms with Gasteiger partial charge < -0.3 is 15.3 Å². The molecule has 1 aliphatic heterocycles. The lowest BCUT2D eigenvalue weighted by Crippen LogP contribution is -2.69. The van der Waals surface area contributed by atoms with Crippen LogP contribution in [0.1, 0.15) is 65.2 Å². The fourth-order valence-corrected chi connectivity index (χ4v) is 5.29. The second-order valence-corrected chi connectivity index (χ2v) is 8.22. The van der Waals surface area contributed by atoms with Gasteiger partial charge >= 0.3 is 12.0 Å². The molecule has 0 radical (unpaired) electrons. The monoisotopic (exact) mass is 322 g/mol. The van der Waals surface area contributed by atoms with Gasteiger partial charge in [-0.25, -0.2) is 4.79 Å². The number of carbonyl (C=O) groups excluding carboxylic acids is 1. The summed E-state index contributed by atoms with van der Waals surface area (Å²) in [5.74, 6) is -0.423. The fraction of sp³-hybridized carbons (Fsp3) is 0.889. The molecule has 23 heavy (non-hydrogen) atoms. The summed E-state index contributed by atoms with van der Waals surface area (Å²) < 4.78 is 0. The minimum Gasteiger partial charge on any atom is -0.481 e. The SMILES string of the molecule is CC(C)C1N(C(=O)NC2CCC(C(=O)O)CC2)CC12CCCC2. The Morgan fingerprint density at radius 2 is 1.74 bits per heavy atom. The van der Waals surface area contributed by atoms with E-state index >= 15 is 0 Å². The van der Waals surface area contributed by atoms with Crippen LogP contribution in [0, 0.1) is 17.3 Å². The van der Waals surface area contributed by atoms with Crippen molar-refractivity contribution in [2.24, 2.45) is 17.3 Å². The molecular weight excluding hydrogens is 292 g/mol. The number of likely N-dealkylation sites (tertiary alicyclic amines) is 1. The van der Waals surface area contributed by atoms with E-state index in [-0.39, 0.29) is 18.0 Å². The molecule has 5 nitrogen and oxygen atoms in total. The highest BCUT2D eigenvalue weighted by Crippen LogP contribution is 2.52. The average Bonchev–Trinajstić information content (AvgIpc) is 2.96. The zero-order valence-corrected chi connectivity index (χ0v) is 14.4. The molecule has 3 rings (SSSR count). The maximum Gasteiger partial charge on any atom is 0.317 e. The van der Waals surface area contributed by atoms with Gasteiger partial charge in [0.15, 0.2) is 0 Å². The zero-order valence-electron chi connectivity index (χ0n) is 14.4. The van der Waals surface area contributed by atoms with Crippen molar-refractivity contribution in [2.45, 2.75) is 77.3 Å². The second kappa shape index (κ2) is 6.33. The molecule has 1 atom stereocenters. The quantitative estimate of drug-likeness (QED) is 0.838. The van der Waals surface area contributed by atoms with Crippen molar-refractivity contribution in [3.05, 3.63) is 0 Å². The van der Waals surface area contributed by atoms with E-state index in [0.29, 0.717) is 30.2 Å². The van der Waals surface area contributed by atoms with Gasteiger partial charge in [-0.05, 0) is 44.4 Å². The van der Waals surface area contributed by atoms with Gasteiger partial charge in [-0.1, -0.05) is 26.7 Å². The number of rotatable bonds is 3. The van der Waals surface area contributed by atoms with Gasteiger partial charge in [0.05, 0.1) is 5.92 Å². The number of amides is 2. The summed E-state index contributed by atoms with van der Waals surface area (Å²) in [7, 11) is 0. The zero-order chi connectivity index (χ0) is 16.6. The Kier molecular flexibility index (Phi) is 4.56. The van der Waals surface area contributed by atoms with E-state index in [2.05, 4.69) is 19.2 Å². The van der Waals surface area contributed by atoms with Gasteiger partial charge in [-0.2, -0.15) is 0 Å². The van der Waals surface area contributed by atoms with Crippen molar-refractivity contribution >= 4 is 12.0 Å². The average molecular weight is 322 g/mol. The van der Waals surface area contributed by atoms with E-state index in [1.807, 2.05) is 4.90 Å². The minimum atomic E-state index is -0.694. The Morgan fingerprint density at radius 3 is 2.26 bits per heavy atom. The lowest BCUT2D eigenvalue weighted by molar-refractivity contribution is -0.142. The molecule has 3 aliphatic rings. The predicted octanol–water partition coefficient (Wildman–Crippen LogP) is 3.24. The third kappa shape index (κ3) is 3.07. The summed E-state index contributed by atoms with van der Waals surface area (Å²) in [5, 5.41) is 12.2. The number of nitrogens with zero attached hydrogens (tertiary/aromatic N) is 1. The van der Waals surface area contributed by atoms with Crippen molar-refractivity contribution in [2.75, 3.05) is 6.54 Å². The van der Waals surface area contributed by atoms with E-state index < -0.39 is 5.97 Å². The molecule has 2 saturated carbocycles. The molecule has 1 heterocycles. The van der Waals surface area contributed by atoms with E-state index in [4.69, 9.17) is 5.11 Å². The summed E-state index contributed by atoms with van der Waals surface area (Å²) in [6.07, 6.45) is 8.07. The predicted molar refractivity (Wildman–Crippen MR) is 88.1 cm³/mol. The first kappa shape index (κ1) is 16.6. The number of carboxylic acids is 1. The van der Waals surface area contributed by atoms with Crippen LogP contribution in [0.25, 0.3) is 0 Å². The standard InChI is InChI=1S/C18H30N2O3/c1-12(2)15-18(9-3-4-10-18)11-20(15)17(23)19-14-7-5-13(6-8-14)16(21)22/h12-15H,3-11H2,1-2H3,(H,19,23)(H,21,22). The fourth-order valence-electron chi connectivity index (χ4n) is 5.29. The summed E-state index contributed by atoms with van der Waals surface area (Å²) >= 11 is 0. The molecule has 2 amide bonds. The normalized spacial score (nSPS) is 32.8. The number of aliphatic carboxylic acids is 1. The lowest BCUT2D eigenvalue weighted by Gasteiger charge is -2.58. The van der Waals surface area contributed by atoms with Crippen LogP contribution in [0.4, 0.5) is 4.79 Å². The van der Waals surface area contributed by atoms with Crippen molar-refractivity contribution in [1.82, 2.24) is 10.2 Å². The molecule has 2 N–H and O–H groups in total. The second-order valence-electron chi connectivity index (χ2n) is 8.22. The smallest absolute Gasteiger partial charge is 0.317 e. The van der Waals surface area contributed by atoms with Gasteiger partial charge in [0.1, 0.15) is 0 Å². The Hall–Kier alpha value is -1.26. The molecule has 1 saturated heterocycles. The van der Waals surface area contributed by atoms with Gasteiger partial charge in [-0.15, -0.1) is 0 Å². The molecule has 2 aliphatic carbocycles. The van der Waals surface area contributed by atoms with Gasteiger partial charge in [0, 0.05) is 24.0 Å². The molecule has 1 unspecified atom stereocenters. The number of carboxylic acid groups (broad SMARTS) is 1. The molecule has 130 valence electrons. The molecule has 5 heteroatoms. The number of urea groups is 1. The number of hydrogen-bond donors (Lipinski definition) is 2. The third-order valence-electron chi connectivity index (χ3n) is 6.34. The molecule has 0 aromatic heterocycles. The topological polar surface area (TPSA) is 69.6 Å². The molecule has 0 aromatic rings. The number of hydrogen-bond acceptors (Lipinski definition) is 2. The van der Waals surface area contributed by atoms with Crippen LogP contribution in [-0.4, -0.2) is 40.6 Å². The Labute approximate surface area is 138 Å². The van der Waals surface area contributed by atoms with Crippen LogP contribution in [0.2, 0.25) is 0 Å². The molecule has 3 fully saturated rings. The van der Waals surface area contributed by atoms with Crippen LogP contribution in [0.5, 0.6) is 0 Å². The number of nitrogens with one attached hydrogen (secondary N) is 1. The lowest BCUT2D eigenvalue weighted by atomic mass is 9.66. The first-order valence-electron chi connectivity index (χ1n) is 9.23. The van der Waals surface area contributed by atoms with Gasteiger partial charge in [0.25, 0.3) is 0 Å². The van der Waals surface area contributed by atoms with Crippen molar-refractivity contribution < 1.29 is 14.7 Å². The van der Waals surface area contributed by atoms with E-state index in [1.54, 1.807) is 0 Å². The highest BCUT2D eigenvalue weighted by molar-refractivity contribution is 5.76. The summed E-state index contributed by atoms with van der Waals surface area (Å²) in [5.41, 5.74) is 0.381. The molecular formula is C18H30N2O3. The van der Waals surface area contributed by atoms with E-state index in [9.17, 15) is 9.59 Å². The highest BCUT2D eigenvalue weighted by Gasteiger charge is 2.56. The Bertz CT molecular complexity index is 463. The molecule has 0 aromatic carbocycles. The first-order valence-corrected chi connectivity index (χ1v) is 9.23. The Morgan fingerprint density at radius 1 is 1.13 bits per heavy atom. The summed E-state index contributed by atoms with van der Waals surface area (Å²) in [6.45, 7) is 5.36. The van der Waals surface area contributed by atoms with Crippen LogP contribution in [-0.2, 0) is 4.79 Å². The largest absolute Gasteiger partial charge is 0.481 e. The van der Waals surface area contributed by atoms with Gasteiger partial charge in [0.2, 0.25) is 0 Å². The minimum absolute atomic E-state index is 0.0694. The van der Waals surface area contributed by atoms with Crippen molar-refractivity contribution in [1.29, 1.82) is 0 Å². The van der Waals surface area contributed by atoms with Crippen molar-refractivity contribution in [3.8, 4) is 0 Å². The highest BCUT2D eigenvalue weighted by atomic mass is 16.4. The summed E-state index contributed by atoms with van der Waals surface area (Å²) in [4.78, 5) is 25.7. The summed E-state index contributed by atoms with van der Waals surface area (Å²) in [6, 6.07) is 0.589. The van der Waals surface area contributed by atoms with E-state index in [0.717, 1.165) is 19.4 Å². The maximum atomic E-state index is 12.7.